The molecule has 0 saturated carbocycles. The number of carbonyl (C=O) groups excluding carboxylic acids is 1. The second-order valence-corrected chi connectivity index (χ2v) is 6.26. The van der Waals surface area contributed by atoms with Crippen LogP contribution in [0.4, 0.5) is 4.79 Å². The smallest absolute Gasteiger partial charge is 0.413 e. The van der Waals surface area contributed by atoms with Crippen molar-refractivity contribution in [3.05, 3.63) is 63.7 Å². The molecule has 4 N–H and O–H groups in total. The van der Waals surface area contributed by atoms with Crippen molar-refractivity contribution in [2.24, 2.45) is 0 Å². The lowest BCUT2D eigenvalue weighted by atomic mass is 9.93. The molecule has 2 aromatic carbocycles. The van der Waals surface area contributed by atoms with Gasteiger partial charge in [-0.2, -0.15) is 0 Å². The predicted octanol–water partition coefficient (Wildman–Crippen LogP) is 1.98. The molecule has 11 nitrogen and oxygen atoms in total. The van der Waals surface area contributed by atoms with Crippen molar-refractivity contribution in [2.75, 3.05) is 0 Å². The Bertz CT molecular complexity index is 931. The van der Waals surface area contributed by atoms with Gasteiger partial charge in [0.2, 0.25) is 0 Å². The van der Waals surface area contributed by atoms with Crippen molar-refractivity contribution in [1.29, 1.82) is 0 Å². The fourth-order valence-corrected chi connectivity index (χ4v) is 2.46. The van der Waals surface area contributed by atoms with Crippen LogP contribution in [0.2, 0.25) is 0 Å². The zero-order valence-corrected chi connectivity index (χ0v) is 15.2. The maximum Gasteiger partial charge on any atom is 0.413 e. The molecule has 11 heteroatoms. The standard InChI is InChI=1S/C18H18N2O9/c1-18(16(23)24,9-11-6-7-13(21)14(22)8-11)19-17(25)29-15-5-3-2-4-12(15)10-28-20(26)27/h2-8,21-22H,9-10H2,1H3,(H,19,25)(H,23,24). The van der Waals surface area contributed by atoms with Crippen molar-refractivity contribution >= 4 is 12.1 Å². The van der Waals surface area contributed by atoms with Crippen LogP contribution in [0.3, 0.4) is 0 Å². The van der Waals surface area contributed by atoms with Crippen molar-refractivity contribution in [3.8, 4) is 17.2 Å². The summed E-state index contributed by atoms with van der Waals surface area (Å²) in [6, 6.07) is 9.66. The number of phenolic OH excluding ortho intramolecular Hbond substituents is 2. The summed E-state index contributed by atoms with van der Waals surface area (Å²) >= 11 is 0. The highest BCUT2D eigenvalue weighted by atomic mass is 16.9. The predicted molar refractivity (Wildman–Crippen MR) is 96.9 cm³/mol. The van der Waals surface area contributed by atoms with Crippen LogP contribution in [0, 0.1) is 10.1 Å². The number of nitrogens with one attached hydrogen (secondary N) is 1. The van der Waals surface area contributed by atoms with E-state index in [1.165, 1.54) is 43.3 Å². The molecule has 0 aromatic heterocycles. The monoisotopic (exact) mass is 406 g/mol. The molecule has 0 aliphatic heterocycles. The second kappa shape index (κ2) is 8.78. The molecular formula is C18H18N2O9. The number of benzene rings is 2. The minimum Gasteiger partial charge on any atom is -0.504 e. The third-order valence-corrected chi connectivity index (χ3v) is 3.95. The molecule has 2 rings (SSSR count). The normalized spacial score (nSPS) is 12.4. The highest BCUT2D eigenvalue weighted by Crippen LogP contribution is 2.27. The zero-order chi connectivity index (χ0) is 21.6. The number of hydrogen-bond donors (Lipinski definition) is 4. The van der Waals surface area contributed by atoms with E-state index in [1.807, 2.05) is 0 Å². The van der Waals surface area contributed by atoms with Crippen LogP contribution in [0.25, 0.3) is 0 Å². The number of rotatable bonds is 8. The molecule has 0 aliphatic rings. The molecule has 0 fully saturated rings. The van der Waals surface area contributed by atoms with Crippen molar-refractivity contribution < 1.29 is 39.6 Å². The first-order valence-corrected chi connectivity index (χ1v) is 8.20. The van der Waals surface area contributed by atoms with Gasteiger partial charge in [-0.1, -0.05) is 24.3 Å². The van der Waals surface area contributed by atoms with Gasteiger partial charge in [-0.3, -0.25) is 0 Å². The van der Waals surface area contributed by atoms with Crippen LogP contribution in [0.5, 0.6) is 17.2 Å². The Kier molecular flexibility index (Phi) is 6.44. The number of carboxylic acids is 1. The van der Waals surface area contributed by atoms with E-state index in [2.05, 4.69) is 10.2 Å². The first-order chi connectivity index (χ1) is 13.6. The number of nitrogens with zero attached hydrogens (tertiary/aromatic N) is 1. The van der Waals surface area contributed by atoms with Gasteiger partial charge in [-0.05, 0) is 30.7 Å². The Labute approximate surface area is 164 Å². The maximum atomic E-state index is 12.3. The summed E-state index contributed by atoms with van der Waals surface area (Å²) in [7, 11) is 0. The summed E-state index contributed by atoms with van der Waals surface area (Å²) in [4.78, 5) is 38.6. The summed E-state index contributed by atoms with van der Waals surface area (Å²) < 4.78 is 5.10. The highest BCUT2D eigenvalue weighted by molar-refractivity contribution is 5.85. The number of aliphatic carboxylic acids is 1. The molecule has 1 amide bonds. The molecule has 0 saturated heterocycles. The number of carbonyl (C=O) groups is 2. The van der Waals surface area contributed by atoms with E-state index >= 15 is 0 Å². The molecule has 1 unspecified atom stereocenters. The van der Waals surface area contributed by atoms with Crippen LogP contribution in [-0.4, -0.2) is 38.0 Å². The van der Waals surface area contributed by atoms with Gasteiger partial charge in [-0.15, -0.1) is 10.1 Å². The third-order valence-electron chi connectivity index (χ3n) is 3.95. The van der Waals surface area contributed by atoms with Crippen LogP contribution >= 0.6 is 0 Å². The second-order valence-electron chi connectivity index (χ2n) is 6.26. The number of para-hydroxylation sites is 1. The van der Waals surface area contributed by atoms with E-state index in [9.17, 15) is 35.0 Å². The van der Waals surface area contributed by atoms with Crippen molar-refractivity contribution in [2.45, 2.75) is 25.5 Å². The fraction of sp³-hybridized carbons (Fsp3) is 0.222. The maximum absolute atomic E-state index is 12.3. The molecule has 0 radical (unpaired) electrons. The van der Waals surface area contributed by atoms with Crippen LogP contribution < -0.4 is 10.1 Å². The van der Waals surface area contributed by atoms with Gasteiger partial charge < -0.3 is 30.2 Å². The van der Waals surface area contributed by atoms with Crippen LogP contribution in [0.1, 0.15) is 18.1 Å². The largest absolute Gasteiger partial charge is 0.504 e. The molecular weight excluding hydrogens is 388 g/mol. The Hall–Kier alpha value is -4.02. The lowest BCUT2D eigenvalue weighted by Crippen LogP contribution is -2.54. The Morgan fingerprint density at radius 2 is 1.86 bits per heavy atom. The lowest BCUT2D eigenvalue weighted by molar-refractivity contribution is -0.763. The van der Waals surface area contributed by atoms with Gasteiger partial charge >= 0.3 is 12.1 Å². The van der Waals surface area contributed by atoms with Gasteiger partial charge in [0.05, 0.1) is 0 Å². The topological polar surface area (TPSA) is 168 Å². The van der Waals surface area contributed by atoms with Gasteiger partial charge in [0, 0.05) is 12.0 Å². The molecule has 2 aromatic rings. The van der Waals surface area contributed by atoms with Gasteiger partial charge in [0.1, 0.15) is 17.9 Å². The highest BCUT2D eigenvalue weighted by Gasteiger charge is 2.36. The molecule has 0 heterocycles. The molecule has 154 valence electrons. The Balaban J connectivity index is 2.14. The first kappa shape index (κ1) is 21.3. The minimum absolute atomic E-state index is 0.0399. The molecule has 29 heavy (non-hydrogen) atoms. The van der Waals surface area contributed by atoms with Crippen LogP contribution in [0.15, 0.2) is 42.5 Å². The molecule has 1 atom stereocenters. The summed E-state index contributed by atoms with van der Waals surface area (Å²) in [6.45, 7) is 0.779. The number of hydrogen-bond acceptors (Lipinski definition) is 8. The molecule has 0 aliphatic carbocycles. The van der Waals surface area contributed by atoms with Gasteiger partial charge in [-0.25, -0.2) is 9.59 Å². The van der Waals surface area contributed by atoms with E-state index in [1.54, 1.807) is 6.07 Å². The number of amides is 1. The van der Waals surface area contributed by atoms with E-state index in [0.717, 1.165) is 0 Å². The zero-order valence-electron chi connectivity index (χ0n) is 15.2. The molecule has 0 bridgehead atoms. The van der Waals surface area contributed by atoms with Gasteiger partial charge in [0.25, 0.3) is 5.09 Å². The van der Waals surface area contributed by atoms with Crippen molar-refractivity contribution in [3.63, 3.8) is 0 Å². The summed E-state index contributed by atoms with van der Waals surface area (Å²) in [6.07, 6.45) is -1.33. The van der Waals surface area contributed by atoms with Gasteiger partial charge in [0.15, 0.2) is 11.5 Å². The van der Waals surface area contributed by atoms with E-state index in [0.29, 0.717) is 5.56 Å². The minimum atomic E-state index is -1.81. The summed E-state index contributed by atoms with van der Waals surface area (Å²) in [5, 5.41) is 40.1. The van der Waals surface area contributed by atoms with E-state index in [-0.39, 0.29) is 23.5 Å². The number of ether oxygens (including phenoxy) is 1. The summed E-state index contributed by atoms with van der Waals surface area (Å²) in [5.74, 6) is -2.21. The quantitative estimate of drug-likeness (QED) is 0.291. The average molecular weight is 406 g/mol. The van der Waals surface area contributed by atoms with Crippen molar-refractivity contribution in [1.82, 2.24) is 5.32 Å². The van der Waals surface area contributed by atoms with E-state index < -0.39 is 35.0 Å². The Morgan fingerprint density at radius 3 is 2.48 bits per heavy atom. The number of aromatic hydroxyl groups is 2. The Morgan fingerprint density at radius 1 is 1.17 bits per heavy atom. The van der Waals surface area contributed by atoms with E-state index in [4.69, 9.17) is 4.74 Å². The number of phenols is 2. The third kappa shape index (κ3) is 5.73. The lowest BCUT2D eigenvalue weighted by Gasteiger charge is -2.26. The molecule has 0 spiro atoms. The SMILES string of the molecule is CC(Cc1ccc(O)c(O)c1)(NC(=O)Oc1ccccc1CO[N+](=O)[O-])C(=O)O. The van der Waals surface area contributed by atoms with Crippen LogP contribution in [-0.2, 0) is 22.7 Å². The first-order valence-electron chi connectivity index (χ1n) is 8.20. The summed E-state index contributed by atoms with van der Waals surface area (Å²) in [5.41, 5.74) is -1.27. The average Bonchev–Trinajstić information content (AvgIpc) is 2.63. The fourth-order valence-electron chi connectivity index (χ4n) is 2.46. The number of carboxylic acid groups (broad SMARTS) is 1.